The van der Waals surface area contributed by atoms with E-state index in [-0.39, 0.29) is 5.66 Å². The van der Waals surface area contributed by atoms with Gasteiger partial charge < -0.3 is 0 Å². The molecule has 0 saturated carbocycles. The van der Waals surface area contributed by atoms with Crippen LogP contribution in [0.5, 0.6) is 0 Å². The van der Waals surface area contributed by atoms with E-state index in [4.69, 9.17) is 0 Å². The summed E-state index contributed by atoms with van der Waals surface area (Å²) in [5.41, 5.74) is 0.286. The number of hydrogen-bond donors (Lipinski definition) is 2. The lowest BCUT2D eigenvalue weighted by molar-refractivity contribution is 0.295. The Hall–Kier alpha value is -0.0800. The second-order valence-electron chi connectivity index (χ2n) is 3.04. The van der Waals surface area contributed by atoms with Crippen LogP contribution in [-0.2, 0) is 0 Å². The van der Waals surface area contributed by atoms with Gasteiger partial charge in [-0.1, -0.05) is 20.3 Å². The van der Waals surface area contributed by atoms with Crippen LogP contribution >= 0.6 is 0 Å². The molecule has 0 aliphatic carbocycles. The molecule has 1 fully saturated rings. The second-order valence-corrected chi connectivity index (χ2v) is 3.04. The van der Waals surface area contributed by atoms with Gasteiger partial charge in [-0.25, -0.2) is 0 Å². The molecular weight excluding hydrogens is 124 g/mol. The molecular formula is C8H18N2. The molecule has 60 valence electrons. The first-order valence-electron chi connectivity index (χ1n) is 4.33. The normalized spacial score (nSPS) is 23.4. The van der Waals surface area contributed by atoms with Crippen LogP contribution in [0.25, 0.3) is 0 Å². The van der Waals surface area contributed by atoms with Gasteiger partial charge in [-0.2, -0.15) is 0 Å². The van der Waals surface area contributed by atoms with Gasteiger partial charge in [0, 0.05) is 13.1 Å². The fraction of sp³-hybridized carbons (Fsp3) is 1.00. The first kappa shape index (κ1) is 8.02. The van der Waals surface area contributed by atoms with Crippen LogP contribution in [-0.4, -0.2) is 18.8 Å². The average Bonchev–Trinajstić information content (AvgIpc) is 2.39. The van der Waals surface area contributed by atoms with Gasteiger partial charge in [0.05, 0.1) is 5.66 Å². The highest BCUT2D eigenvalue weighted by molar-refractivity contribution is 4.88. The minimum Gasteiger partial charge on any atom is -0.298 e. The predicted octanol–water partition coefficient (Wildman–Crippen LogP) is 1.09. The highest BCUT2D eigenvalue weighted by Crippen LogP contribution is 2.15. The summed E-state index contributed by atoms with van der Waals surface area (Å²) in [5.74, 6) is 0. The molecule has 0 aromatic carbocycles. The van der Waals surface area contributed by atoms with Crippen molar-refractivity contribution in [2.24, 2.45) is 0 Å². The maximum absolute atomic E-state index is 3.51. The van der Waals surface area contributed by atoms with Gasteiger partial charge >= 0.3 is 0 Å². The van der Waals surface area contributed by atoms with Crippen molar-refractivity contribution in [3.05, 3.63) is 0 Å². The number of rotatable bonds is 3. The average molecular weight is 142 g/mol. The molecule has 1 aliphatic rings. The highest BCUT2D eigenvalue weighted by atomic mass is 15.2. The molecule has 0 aromatic rings. The van der Waals surface area contributed by atoms with Crippen molar-refractivity contribution in [2.45, 2.75) is 38.8 Å². The van der Waals surface area contributed by atoms with Crippen LogP contribution in [0.15, 0.2) is 0 Å². The summed E-state index contributed by atoms with van der Waals surface area (Å²) in [4.78, 5) is 0. The second kappa shape index (κ2) is 3.35. The Morgan fingerprint density at radius 1 is 1.20 bits per heavy atom. The first-order valence-corrected chi connectivity index (χ1v) is 4.33. The van der Waals surface area contributed by atoms with E-state index in [0.29, 0.717) is 0 Å². The van der Waals surface area contributed by atoms with Crippen molar-refractivity contribution in [2.75, 3.05) is 13.1 Å². The zero-order valence-corrected chi connectivity index (χ0v) is 7.04. The lowest BCUT2D eigenvalue weighted by Crippen LogP contribution is -2.48. The largest absolute Gasteiger partial charge is 0.298 e. The summed E-state index contributed by atoms with van der Waals surface area (Å²) in [6.45, 7) is 6.74. The van der Waals surface area contributed by atoms with Crippen LogP contribution in [0.2, 0.25) is 0 Å². The van der Waals surface area contributed by atoms with Crippen molar-refractivity contribution < 1.29 is 0 Å². The fourth-order valence-corrected chi connectivity index (χ4v) is 1.70. The van der Waals surface area contributed by atoms with Gasteiger partial charge in [0.1, 0.15) is 0 Å². The van der Waals surface area contributed by atoms with Gasteiger partial charge in [0.2, 0.25) is 0 Å². The monoisotopic (exact) mass is 142 g/mol. The molecule has 0 amide bonds. The Kier molecular flexibility index (Phi) is 2.69. The molecule has 0 spiro atoms. The molecule has 0 aromatic heterocycles. The zero-order valence-electron chi connectivity index (χ0n) is 7.04. The molecule has 0 bridgehead atoms. The lowest BCUT2D eigenvalue weighted by atomic mass is 10.0. The lowest BCUT2D eigenvalue weighted by Gasteiger charge is -2.27. The van der Waals surface area contributed by atoms with Crippen LogP contribution in [0.3, 0.4) is 0 Å². The van der Waals surface area contributed by atoms with Gasteiger partial charge in [-0.05, 0) is 12.8 Å². The third kappa shape index (κ3) is 1.50. The Morgan fingerprint density at radius 3 is 2.20 bits per heavy atom. The van der Waals surface area contributed by atoms with Crippen LogP contribution in [0.4, 0.5) is 0 Å². The third-order valence-electron chi connectivity index (χ3n) is 2.33. The number of hydrogen-bond acceptors (Lipinski definition) is 2. The van der Waals surface area contributed by atoms with E-state index in [1.54, 1.807) is 0 Å². The Balaban J connectivity index is 2.41. The van der Waals surface area contributed by atoms with E-state index in [1.807, 2.05) is 0 Å². The van der Waals surface area contributed by atoms with E-state index in [0.717, 1.165) is 13.1 Å². The van der Waals surface area contributed by atoms with E-state index < -0.39 is 0 Å². The molecule has 2 N–H and O–H groups in total. The van der Waals surface area contributed by atoms with Crippen LogP contribution in [0, 0.1) is 0 Å². The van der Waals surface area contributed by atoms with Crippen molar-refractivity contribution >= 4 is 0 Å². The van der Waals surface area contributed by atoms with Crippen LogP contribution < -0.4 is 10.6 Å². The predicted molar refractivity (Wildman–Crippen MR) is 43.9 cm³/mol. The molecule has 0 atom stereocenters. The smallest absolute Gasteiger partial charge is 0.0685 e. The van der Waals surface area contributed by atoms with E-state index in [1.165, 1.54) is 19.3 Å². The van der Waals surface area contributed by atoms with Crippen molar-refractivity contribution in [1.29, 1.82) is 0 Å². The maximum Gasteiger partial charge on any atom is 0.0685 e. The van der Waals surface area contributed by atoms with E-state index in [9.17, 15) is 0 Å². The topological polar surface area (TPSA) is 24.1 Å². The van der Waals surface area contributed by atoms with E-state index in [2.05, 4.69) is 24.5 Å². The van der Waals surface area contributed by atoms with Crippen molar-refractivity contribution in [3.8, 4) is 0 Å². The molecule has 0 unspecified atom stereocenters. The SMILES string of the molecule is CCCC1(CC)NCCN1. The van der Waals surface area contributed by atoms with Gasteiger partial charge in [-0.15, -0.1) is 0 Å². The minimum atomic E-state index is 0.286. The van der Waals surface area contributed by atoms with Crippen molar-refractivity contribution in [1.82, 2.24) is 10.6 Å². The Bertz CT molecular complexity index is 95.4. The fourth-order valence-electron chi connectivity index (χ4n) is 1.70. The standard InChI is InChI=1S/C8H18N2/c1-3-5-8(4-2)9-6-7-10-8/h9-10H,3-7H2,1-2H3. The minimum absolute atomic E-state index is 0.286. The Morgan fingerprint density at radius 2 is 1.80 bits per heavy atom. The van der Waals surface area contributed by atoms with E-state index >= 15 is 0 Å². The molecule has 0 radical (unpaired) electrons. The molecule has 10 heavy (non-hydrogen) atoms. The summed E-state index contributed by atoms with van der Waals surface area (Å²) in [6.07, 6.45) is 3.71. The Labute approximate surface area is 63.4 Å². The number of nitrogens with one attached hydrogen (secondary N) is 2. The summed E-state index contributed by atoms with van der Waals surface area (Å²) < 4.78 is 0. The van der Waals surface area contributed by atoms with Gasteiger partial charge in [0.25, 0.3) is 0 Å². The summed E-state index contributed by atoms with van der Waals surface area (Å²) in [7, 11) is 0. The van der Waals surface area contributed by atoms with Gasteiger partial charge in [0.15, 0.2) is 0 Å². The van der Waals surface area contributed by atoms with Crippen molar-refractivity contribution in [3.63, 3.8) is 0 Å². The highest BCUT2D eigenvalue weighted by Gasteiger charge is 2.28. The maximum atomic E-state index is 3.51. The molecule has 2 nitrogen and oxygen atoms in total. The van der Waals surface area contributed by atoms with Gasteiger partial charge in [-0.3, -0.25) is 10.6 Å². The zero-order chi connectivity index (χ0) is 7.45. The summed E-state index contributed by atoms with van der Waals surface area (Å²) in [5, 5.41) is 7.02. The molecule has 1 rings (SSSR count). The molecule has 1 saturated heterocycles. The quantitative estimate of drug-likeness (QED) is 0.616. The summed E-state index contributed by atoms with van der Waals surface area (Å²) >= 11 is 0. The first-order chi connectivity index (χ1) is 4.83. The molecule has 1 heterocycles. The molecule has 1 aliphatic heterocycles. The summed E-state index contributed by atoms with van der Waals surface area (Å²) in [6, 6.07) is 0. The van der Waals surface area contributed by atoms with Crippen LogP contribution in [0.1, 0.15) is 33.1 Å². The molecule has 2 heteroatoms. The third-order valence-corrected chi connectivity index (χ3v) is 2.33.